The second-order valence-electron chi connectivity index (χ2n) is 4.83. The van der Waals surface area contributed by atoms with Gasteiger partial charge in [-0.2, -0.15) is 0 Å². The number of fused-ring (bicyclic) bond motifs is 1. The molecular weight excluding hydrogens is 212 g/mol. The van der Waals surface area contributed by atoms with Gasteiger partial charge >= 0.3 is 0 Å². The normalized spacial score (nSPS) is 15.1. The van der Waals surface area contributed by atoms with Crippen LogP contribution >= 0.6 is 0 Å². The molecular formula is C14H20N2O. The van der Waals surface area contributed by atoms with Crippen LogP contribution in [-0.4, -0.2) is 17.1 Å². The third kappa shape index (κ3) is 1.95. The minimum absolute atomic E-state index is 0.333. The van der Waals surface area contributed by atoms with Gasteiger partial charge in [-0.3, -0.25) is 0 Å². The van der Waals surface area contributed by atoms with E-state index in [1.54, 1.807) is 7.11 Å². The summed E-state index contributed by atoms with van der Waals surface area (Å²) in [6.45, 7) is 8.39. The van der Waals surface area contributed by atoms with Crippen molar-refractivity contribution in [2.75, 3.05) is 7.11 Å². The van der Waals surface area contributed by atoms with Crippen LogP contribution in [0.5, 0.6) is 0 Å². The maximum Gasteiger partial charge on any atom is 0.139 e. The van der Waals surface area contributed by atoms with Crippen LogP contribution in [0, 0.1) is 13.8 Å². The van der Waals surface area contributed by atoms with E-state index in [9.17, 15) is 0 Å². The van der Waals surface area contributed by atoms with Crippen molar-refractivity contribution in [2.24, 2.45) is 0 Å². The number of aryl methyl sites for hydroxylation is 2. The van der Waals surface area contributed by atoms with Gasteiger partial charge in [0, 0.05) is 7.11 Å². The number of aromatic amines is 1. The topological polar surface area (TPSA) is 37.9 Å². The highest BCUT2D eigenvalue weighted by Crippen LogP contribution is 2.28. The first-order chi connectivity index (χ1) is 8.00. The van der Waals surface area contributed by atoms with Crippen molar-refractivity contribution in [3.05, 3.63) is 29.1 Å². The molecule has 1 N–H and O–H groups in total. The molecule has 2 rings (SSSR count). The summed E-state index contributed by atoms with van der Waals surface area (Å²) >= 11 is 0. The van der Waals surface area contributed by atoms with Crippen molar-refractivity contribution in [3.8, 4) is 0 Å². The summed E-state index contributed by atoms with van der Waals surface area (Å²) in [5.74, 6) is 0.905. The highest BCUT2D eigenvalue weighted by atomic mass is 16.5. The van der Waals surface area contributed by atoms with Gasteiger partial charge in [0.25, 0.3) is 0 Å². The van der Waals surface area contributed by atoms with E-state index >= 15 is 0 Å². The lowest BCUT2D eigenvalue weighted by atomic mass is 10.0. The van der Waals surface area contributed by atoms with Crippen molar-refractivity contribution in [1.82, 2.24) is 9.97 Å². The van der Waals surface area contributed by atoms with Crippen LogP contribution < -0.4 is 0 Å². The Kier molecular flexibility index (Phi) is 2.96. The fourth-order valence-corrected chi connectivity index (χ4v) is 1.93. The average molecular weight is 232 g/mol. The van der Waals surface area contributed by atoms with E-state index in [0.717, 1.165) is 23.3 Å². The number of rotatable bonds is 3. The summed E-state index contributed by atoms with van der Waals surface area (Å²) in [5, 5.41) is 0. The molecule has 0 aliphatic heterocycles. The molecule has 0 amide bonds. The molecule has 3 heteroatoms. The molecule has 3 nitrogen and oxygen atoms in total. The van der Waals surface area contributed by atoms with Gasteiger partial charge in [-0.05, 0) is 50.5 Å². The van der Waals surface area contributed by atoms with Gasteiger partial charge in [-0.1, -0.05) is 6.92 Å². The number of hydrogen-bond acceptors (Lipinski definition) is 2. The average Bonchev–Trinajstić information content (AvgIpc) is 2.72. The van der Waals surface area contributed by atoms with E-state index in [-0.39, 0.29) is 5.60 Å². The number of nitrogens with zero attached hydrogens (tertiary/aromatic N) is 1. The minimum atomic E-state index is -0.333. The van der Waals surface area contributed by atoms with Crippen LogP contribution in [0.3, 0.4) is 0 Å². The largest absolute Gasteiger partial charge is 0.371 e. The van der Waals surface area contributed by atoms with Crippen molar-refractivity contribution < 1.29 is 4.74 Å². The zero-order valence-corrected chi connectivity index (χ0v) is 11.2. The van der Waals surface area contributed by atoms with Gasteiger partial charge in [0.15, 0.2) is 0 Å². The van der Waals surface area contributed by atoms with E-state index in [1.165, 1.54) is 11.1 Å². The van der Waals surface area contributed by atoms with Gasteiger partial charge < -0.3 is 9.72 Å². The van der Waals surface area contributed by atoms with Gasteiger partial charge in [0.1, 0.15) is 11.4 Å². The Morgan fingerprint density at radius 1 is 1.29 bits per heavy atom. The Labute approximate surface area is 102 Å². The maximum absolute atomic E-state index is 5.57. The van der Waals surface area contributed by atoms with Gasteiger partial charge in [-0.25, -0.2) is 4.98 Å². The molecule has 17 heavy (non-hydrogen) atoms. The highest BCUT2D eigenvalue weighted by molar-refractivity contribution is 5.77. The van der Waals surface area contributed by atoms with E-state index < -0.39 is 0 Å². The Balaban J connectivity index is 2.58. The smallest absolute Gasteiger partial charge is 0.139 e. The number of benzene rings is 1. The van der Waals surface area contributed by atoms with Gasteiger partial charge in [0.2, 0.25) is 0 Å². The third-order valence-corrected chi connectivity index (χ3v) is 3.72. The molecule has 0 radical (unpaired) electrons. The molecule has 0 aliphatic carbocycles. The molecule has 1 atom stereocenters. The van der Waals surface area contributed by atoms with E-state index in [2.05, 4.69) is 49.8 Å². The lowest BCUT2D eigenvalue weighted by Crippen LogP contribution is -2.24. The fourth-order valence-electron chi connectivity index (χ4n) is 1.93. The number of imidazole rings is 1. The number of ether oxygens (including phenoxy) is 1. The highest BCUT2D eigenvalue weighted by Gasteiger charge is 2.27. The SMILES string of the molecule is CCC(C)(OC)c1nc2cc(C)c(C)cc2[nH]1. The number of nitrogens with one attached hydrogen (secondary N) is 1. The second-order valence-corrected chi connectivity index (χ2v) is 4.83. The molecule has 0 saturated carbocycles. The molecule has 1 aromatic carbocycles. The fraction of sp³-hybridized carbons (Fsp3) is 0.500. The lowest BCUT2D eigenvalue weighted by molar-refractivity contribution is -0.00803. The quantitative estimate of drug-likeness (QED) is 0.880. The van der Waals surface area contributed by atoms with Crippen LogP contribution in [0.2, 0.25) is 0 Å². The first-order valence-corrected chi connectivity index (χ1v) is 6.02. The Hall–Kier alpha value is -1.35. The van der Waals surface area contributed by atoms with Crippen LogP contribution in [0.25, 0.3) is 11.0 Å². The number of H-pyrrole nitrogens is 1. The molecule has 2 aromatic rings. The molecule has 0 aliphatic rings. The Morgan fingerprint density at radius 3 is 2.53 bits per heavy atom. The zero-order valence-electron chi connectivity index (χ0n) is 11.2. The first-order valence-electron chi connectivity index (χ1n) is 6.02. The third-order valence-electron chi connectivity index (χ3n) is 3.72. The standard InChI is InChI=1S/C14H20N2O/c1-6-14(4,17-5)13-15-11-7-9(2)10(3)8-12(11)16-13/h7-8H,6H2,1-5H3,(H,15,16). The molecule has 0 fully saturated rings. The molecule has 0 bridgehead atoms. The van der Waals surface area contributed by atoms with E-state index in [4.69, 9.17) is 4.74 Å². The lowest BCUT2D eigenvalue weighted by Gasteiger charge is -2.23. The predicted molar refractivity (Wildman–Crippen MR) is 70.2 cm³/mol. The van der Waals surface area contributed by atoms with E-state index in [1.807, 2.05) is 0 Å². The Bertz CT molecular complexity index is 499. The summed E-state index contributed by atoms with van der Waals surface area (Å²) in [6, 6.07) is 4.27. The van der Waals surface area contributed by atoms with Gasteiger partial charge in [-0.15, -0.1) is 0 Å². The van der Waals surface area contributed by atoms with Crippen molar-refractivity contribution in [3.63, 3.8) is 0 Å². The molecule has 92 valence electrons. The molecule has 0 spiro atoms. The monoisotopic (exact) mass is 232 g/mol. The molecule has 1 aromatic heterocycles. The first kappa shape index (κ1) is 12.1. The van der Waals surface area contributed by atoms with Crippen molar-refractivity contribution in [2.45, 2.75) is 39.7 Å². The zero-order chi connectivity index (χ0) is 12.6. The van der Waals surface area contributed by atoms with Crippen molar-refractivity contribution in [1.29, 1.82) is 0 Å². The number of aromatic nitrogens is 2. The van der Waals surface area contributed by atoms with Crippen LogP contribution in [0.4, 0.5) is 0 Å². The summed E-state index contributed by atoms with van der Waals surface area (Å²) in [6.07, 6.45) is 0.890. The summed E-state index contributed by atoms with van der Waals surface area (Å²) in [5.41, 5.74) is 4.31. The Morgan fingerprint density at radius 2 is 1.94 bits per heavy atom. The van der Waals surface area contributed by atoms with Crippen LogP contribution in [-0.2, 0) is 10.3 Å². The summed E-state index contributed by atoms with van der Waals surface area (Å²) in [7, 11) is 1.73. The second kappa shape index (κ2) is 4.15. The van der Waals surface area contributed by atoms with Crippen molar-refractivity contribution >= 4 is 11.0 Å². The number of hydrogen-bond donors (Lipinski definition) is 1. The summed E-state index contributed by atoms with van der Waals surface area (Å²) < 4.78 is 5.57. The maximum atomic E-state index is 5.57. The predicted octanol–water partition coefficient (Wildman–Crippen LogP) is 3.45. The number of methoxy groups -OCH3 is 1. The van der Waals surface area contributed by atoms with Crippen LogP contribution in [0.1, 0.15) is 37.2 Å². The molecule has 0 saturated heterocycles. The molecule has 1 heterocycles. The summed E-state index contributed by atoms with van der Waals surface area (Å²) in [4.78, 5) is 8.02. The van der Waals surface area contributed by atoms with E-state index in [0.29, 0.717) is 0 Å². The van der Waals surface area contributed by atoms with Gasteiger partial charge in [0.05, 0.1) is 11.0 Å². The van der Waals surface area contributed by atoms with Crippen LogP contribution in [0.15, 0.2) is 12.1 Å². The molecule has 1 unspecified atom stereocenters. The minimum Gasteiger partial charge on any atom is -0.371 e.